The number of carbonyl (C=O) groups is 1. The molecule has 0 bridgehead atoms. The third-order valence-corrected chi connectivity index (χ3v) is 3.35. The van der Waals surface area contributed by atoms with E-state index in [1.165, 1.54) is 7.11 Å². The molecule has 1 unspecified atom stereocenters. The lowest BCUT2D eigenvalue weighted by Gasteiger charge is -2.11. The maximum atomic E-state index is 12.0. The first-order valence-electron chi connectivity index (χ1n) is 6.64. The van der Waals surface area contributed by atoms with Gasteiger partial charge in [-0.1, -0.05) is 35.9 Å². The zero-order chi connectivity index (χ0) is 15.9. The summed E-state index contributed by atoms with van der Waals surface area (Å²) in [6.45, 7) is 0. The molecule has 0 radical (unpaired) electrons. The van der Waals surface area contributed by atoms with Crippen LogP contribution in [0.3, 0.4) is 0 Å². The van der Waals surface area contributed by atoms with E-state index in [2.05, 4.69) is 4.99 Å². The SMILES string of the molecule is COC(=O)C(/N=C/c1ccc(Cl)cc1)c1ccc(OC)cc1. The van der Waals surface area contributed by atoms with Crippen molar-refractivity contribution in [2.75, 3.05) is 14.2 Å². The molecule has 1 atom stereocenters. The molecular weight excluding hydrogens is 302 g/mol. The number of esters is 1. The van der Waals surface area contributed by atoms with Crippen LogP contribution in [0.15, 0.2) is 53.5 Å². The van der Waals surface area contributed by atoms with Crippen molar-refractivity contribution in [3.05, 3.63) is 64.7 Å². The maximum absolute atomic E-state index is 12.0. The molecule has 0 heterocycles. The Kier molecular flexibility index (Phi) is 5.55. The van der Waals surface area contributed by atoms with E-state index in [4.69, 9.17) is 21.1 Å². The standard InChI is InChI=1S/C17H16ClNO3/c1-21-15-9-5-13(6-10-15)16(17(20)22-2)19-11-12-3-7-14(18)8-4-12/h3-11,16H,1-2H3/b19-11+. The Bertz CT molecular complexity index is 651. The molecule has 0 saturated heterocycles. The van der Waals surface area contributed by atoms with Gasteiger partial charge in [-0.25, -0.2) is 4.79 Å². The summed E-state index contributed by atoms with van der Waals surface area (Å²) in [6.07, 6.45) is 1.63. The topological polar surface area (TPSA) is 47.9 Å². The van der Waals surface area contributed by atoms with Crippen LogP contribution in [0, 0.1) is 0 Å². The van der Waals surface area contributed by atoms with E-state index in [0.717, 1.165) is 11.1 Å². The van der Waals surface area contributed by atoms with Gasteiger partial charge in [0.05, 0.1) is 14.2 Å². The lowest BCUT2D eigenvalue weighted by Crippen LogP contribution is -2.12. The van der Waals surface area contributed by atoms with Gasteiger partial charge in [-0.15, -0.1) is 0 Å². The summed E-state index contributed by atoms with van der Waals surface area (Å²) < 4.78 is 9.93. The molecule has 0 aromatic heterocycles. The quantitative estimate of drug-likeness (QED) is 0.624. The smallest absolute Gasteiger partial charge is 0.335 e. The predicted molar refractivity (Wildman–Crippen MR) is 86.8 cm³/mol. The van der Waals surface area contributed by atoms with Crippen molar-refractivity contribution in [3.63, 3.8) is 0 Å². The number of methoxy groups -OCH3 is 2. The monoisotopic (exact) mass is 317 g/mol. The Balaban J connectivity index is 2.25. The zero-order valence-corrected chi connectivity index (χ0v) is 13.1. The summed E-state index contributed by atoms with van der Waals surface area (Å²) in [5.74, 6) is 0.296. The molecule has 0 N–H and O–H groups in total. The van der Waals surface area contributed by atoms with Crippen molar-refractivity contribution in [2.24, 2.45) is 4.99 Å². The number of rotatable bonds is 5. The van der Waals surface area contributed by atoms with Gasteiger partial charge in [-0.3, -0.25) is 4.99 Å². The fraction of sp³-hybridized carbons (Fsp3) is 0.176. The third kappa shape index (κ3) is 4.09. The second-order valence-corrected chi connectivity index (χ2v) is 4.97. The second kappa shape index (κ2) is 7.61. The lowest BCUT2D eigenvalue weighted by atomic mass is 10.1. The molecule has 22 heavy (non-hydrogen) atoms. The van der Waals surface area contributed by atoms with Crippen LogP contribution in [0.25, 0.3) is 0 Å². The van der Waals surface area contributed by atoms with Gasteiger partial charge in [0.2, 0.25) is 0 Å². The average Bonchev–Trinajstić information content (AvgIpc) is 2.57. The Morgan fingerprint density at radius 2 is 1.73 bits per heavy atom. The van der Waals surface area contributed by atoms with E-state index in [-0.39, 0.29) is 0 Å². The fourth-order valence-electron chi connectivity index (χ4n) is 1.89. The number of hydrogen-bond acceptors (Lipinski definition) is 4. The largest absolute Gasteiger partial charge is 0.497 e. The third-order valence-electron chi connectivity index (χ3n) is 3.10. The minimum atomic E-state index is -0.716. The number of carbonyl (C=O) groups excluding carboxylic acids is 1. The number of nitrogens with zero attached hydrogens (tertiary/aromatic N) is 1. The van der Waals surface area contributed by atoms with Crippen LogP contribution in [-0.4, -0.2) is 26.4 Å². The second-order valence-electron chi connectivity index (χ2n) is 4.53. The summed E-state index contributed by atoms with van der Waals surface area (Å²) in [4.78, 5) is 16.3. The highest BCUT2D eigenvalue weighted by Crippen LogP contribution is 2.22. The van der Waals surface area contributed by atoms with Gasteiger partial charge >= 0.3 is 5.97 Å². The number of aliphatic imine (C=N–C) groups is 1. The van der Waals surface area contributed by atoms with Crippen LogP contribution in [-0.2, 0) is 9.53 Å². The molecule has 5 heteroatoms. The normalized spacial score (nSPS) is 12.1. The summed E-state index contributed by atoms with van der Waals surface area (Å²) in [7, 11) is 2.93. The van der Waals surface area contributed by atoms with Gasteiger partial charge in [-0.2, -0.15) is 0 Å². The Morgan fingerprint density at radius 1 is 1.09 bits per heavy atom. The van der Waals surface area contributed by atoms with Crippen LogP contribution < -0.4 is 4.74 Å². The molecule has 114 valence electrons. The van der Waals surface area contributed by atoms with E-state index in [1.54, 1.807) is 49.7 Å². The molecule has 0 amide bonds. The lowest BCUT2D eigenvalue weighted by molar-refractivity contribution is -0.142. The Morgan fingerprint density at radius 3 is 2.27 bits per heavy atom. The number of ether oxygens (including phenoxy) is 2. The molecule has 0 spiro atoms. The summed E-state index contributed by atoms with van der Waals surface area (Å²) in [5.41, 5.74) is 1.59. The van der Waals surface area contributed by atoms with Gasteiger partial charge in [0, 0.05) is 11.2 Å². The van der Waals surface area contributed by atoms with Crippen LogP contribution in [0.5, 0.6) is 5.75 Å². The van der Waals surface area contributed by atoms with Gasteiger partial charge < -0.3 is 9.47 Å². The molecule has 2 aromatic carbocycles. The van der Waals surface area contributed by atoms with E-state index in [1.807, 2.05) is 12.1 Å². The van der Waals surface area contributed by atoms with Crippen molar-refractivity contribution >= 4 is 23.8 Å². The molecule has 0 fully saturated rings. The summed E-state index contributed by atoms with van der Waals surface area (Å²) in [6, 6.07) is 13.6. The van der Waals surface area contributed by atoms with Crippen molar-refractivity contribution in [2.45, 2.75) is 6.04 Å². The number of benzene rings is 2. The van der Waals surface area contributed by atoms with E-state index < -0.39 is 12.0 Å². The van der Waals surface area contributed by atoms with Gasteiger partial charge in [0.15, 0.2) is 6.04 Å². The van der Waals surface area contributed by atoms with Crippen LogP contribution >= 0.6 is 11.6 Å². The highest BCUT2D eigenvalue weighted by atomic mass is 35.5. The molecule has 0 saturated carbocycles. The van der Waals surface area contributed by atoms with E-state index >= 15 is 0 Å². The summed E-state index contributed by atoms with van der Waals surface area (Å²) in [5, 5.41) is 0.650. The first kappa shape index (κ1) is 16.0. The Hall–Kier alpha value is -2.33. The van der Waals surface area contributed by atoms with Gasteiger partial charge in [0.1, 0.15) is 5.75 Å². The number of hydrogen-bond donors (Lipinski definition) is 0. The first-order valence-corrected chi connectivity index (χ1v) is 7.02. The fourth-order valence-corrected chi connectivity index (χ4v) is 2.02. The first-order chi connectivity index (χ1) is 10.6. The molecule has 4 nitrogen and oxygen atoms in total. The van der Waals surface area contributed by atoms with Gasteiger partial charge in [0.25, 0.3) is 0 Å². The highest BCUT2D eigenvalue weighted by Gasteiger charge is 2.19. The van der Waals surface area contributed by atoms with Crippen LogP contribution in [0.2, 0.25) is 5.02 Å². The molecule has 0 aliphatic carbocycles. The minimum absolute atomic E-state index is 0.421. The predicted octanol–water partition coefficient (Wildman–Crippen LogP) is 3.68. The van der Waals surface area contributed by atoms with Crippen molar-refractivity contribution in [1.29, 1.82) is 0 Å². The Labute approximate surface area is 134 Å². The molecule has 0 aliphatic rings. The van der Waals surface area contributed by atoms with E-state index in [9.17, 15) is 4.79 Å². The molecule has 2 aromatic rings. The van der Waals surface area contributed by atoms with Crippen LogP contribution in [0.4, 0.5) is 0 Å². The van der Waals surface area contributed by atoms with Crippen LogP contribution in [0.1, 0.15) is 17.2 Å². The average molecular weight is 318 g/mol. The zero-order valence-electron chi connectivity index (χ0n) is 12.3. The molecule has 0 aliphatic heterocycles. The van der Waals surface area contributed by atoms with Crippen molar-refractivity contribution in [1.82, 2.24) is 0 Å². The molecular formula is C17H16ClNO3. The molecule has 2 rings (SSSR count). The summed E-state index contributed by atoms with van der Waals surface area (Å²) >= 11 is 5.84. The van der Waals surface area contributed by atoms with E-state index in [0.29, 0.717) is 10.8 Å². The van der Waals surface area contributed by atoms with Crippen molar-refractivity contribution < 1.29 is 14.3 Å². The highest BCUT2D eigenvalue weighted by molar-refractivity contribution is 6.30. The van der Waals surface area contributed by atoms with Crippen molar-refractivity contribution in [3.8, 4) is 5.75 Å². The van der Waals surface area contributed by atoms with Gasteiger partial charge in [-0.05, 0) is 35.4 Å². The minimum Gasteiger partial charge on any atom is -0.497 e. The maximum Gasteiger partial charge on any atom is 0.335 e. The number of halogens is 1.